The highest BCUT2D eigenvalue weighted by Gasteiger charge is 2.20. The number of rotatable bonds is 8. The molecule has 0 aliphatic carbocycles. The number of benzene rings is 1. The van der Waals surface area contributed by atoms with Crippen LogP contribution in [-0.2, 0) is 14.3 Å². The topological polar surface area (TPSA) is 58.6 Å². The summed E-state index contributed by atoms with van der Waals surface area (Å²) in [6, 6.07) is 7.30. The number of anilines is 1. The second-order valence-electron chi connectivity index (χ2n) is 4.81. The van der Waals surface area contributed by atoms with Crippen molar-refractivity contribution in [3.05, 3.63) is 41.4 Å². The van der Waals surface area contributed by atoms with Gasteiger partial charge in [-0.2, -0.15) is 0 Å². The predicted molar refractivity (Wildman–Crippen MR) is 90.6 cm³/mol. The van der Waals surface area contributed by atoms with E-state index in [1.807, 2.05) is 18.2 Å². The molecule has 0 saturated carbocycles. The van der Waals surface area contributed by atoms with E-state index < -0.39 is 6.10 Å². The zero-order valence-electron chi connectivity index (χ0n) is 12.8. The lowest BCUT2D eigenvalue weighted by atomic mass is 10.3. The van der Waals surface area contributed by atoms with Gasteiger partial charge < -0.3 is 15.0 Å². The van der Waals surface area contributed by atoms with Crippen molar-refractivity contribution in [1.82, 2.24) is 4.90 Å². The number of nitrogens with zero attached hydrogens (tertiary/aromatic N) is 1. The summed E-state index contributed by atoms with van der Waals surface area (Å²) in [6.45, 7) is 5.67. The fourth-order valence-corrected chi connectivity index (χ4v) is 2.14. The average Bonchev–Trinajstić information content (AvgIpc) is 2.48. The number of ether oxygens (including phenoxy) is 1. The molecule has 120 valence electrons. The van der Waals surface area contributed by atoms with Crippen LogP contribution in [0.2, 0.25) is 0 Å². The van der Waals surface area contributed by atoms with Gasteiger partial charge in [-0.05, 0) is 41.4 Å². The molecule has 1 aromatic rings. The lowest BCUT2D eigenvalue weighted by molar-refractivity contribution is -0.143. The Morgan fingerprint density at radius 2 is 2.14 bits per heavy atom. The molecule has 0 saturated heterocycles. The molecule has 0 heterocycles. The molecule has 1 unspecified atom stereocenters. The molecule has 0 aliphatic heterocycles. The van der Waals surface area contributed by atoms with Crippen molar-refractivity contribution < 1.29 is 14.3 Å². The molecule has 1 atom stereocenters. The third kappa shape index (κ3) is 5.99. The molecular weight excluding hydrogens is 348 g/mol. The molecule has 0 fully saturated rings. The third-order valence-electron chi connectivity index (χ3n) is 2.94. The van der Waals surface area contributed by atoms with Crippen LogP contribution in [-0.4, -0.2) is 43.0 Å². The second-order valence-corrected chi connectivity index (χ2v) is 5.67. The van der Waals surface area contributed by atoms with Crippen molar-refractivity contribution in [3.63, 3.8) is 0 Å². The minimum Gasteiger partial charge on any atom is -0.368 e. The van der Waals surface area contributed by atoms with Gasteiger partial charge in [-0.3, -0.25) is 9.59 Å². The van der Waals surface area contributed by atoms with Crippen LogP contribution in [0.25, 0.3) is 0 Å². The summed E-state index contributed by atoms with van der Waals surface area (Å²) < 4.78 is 6.17. The van der Waals surface area contributed by atoms with Crippen LogP contribution in [0.4, 0.5) is 5.69 Å². The summed E-state index contributed by atoms with van der Waals surface area (Å²) in [5, 5.41) is 2.75. The Morgan fingerprint density at radius 1 is 1.45 bits per heavy atom. The third-order valence-corrected chi connectivity index (χ3v) is 3.63. The van der Waals surface area contributed by atoms with Gasteiger partial charge in [0.15, 0.2) is 0 Å². The number of carbonyl (C=O) groups excluding carboxylic acids is 2. The average molecular weight is 369 g/mol. The van der Waals surface area contributed by atoms with Gasteiger partial charge in [0, 0.05) is 11.5 Å². The van der Waals surface area contributed by atoms with Gasteiger partial charge in [0.05, 0.1) is 18.8 Å². The number of amides is 2. The van der Waals surface area contributed by atoms with Gasteiger partial charge >= 0.3 is 0 Å². The maximum Gasteiger partial charge on any atom is 0.251 e. The van der Waals surface area contributed by atoms with Crippen molar-refractivity contribution in [3.8, 4) is 0 Å². The number of halogens is 1. The summed E-state index contributed by atoms with van der Waals surface area (Å²) >= 11 is 3.36. The summed E-state index contributed by atoms with van der Waals surface area (Å²) in [6.07, 6.45) is 1.83. The Morgan fingerprint density at radius 3 is 2.77 bits per heavy atom. The van der Waals surface area contributed by atoms with Gasteiger partial charge in [-0.15, -0.1) is 6.58 Å². The predicted octanol–water partition coefficient (Wildman–Crippen LogP) is 2.83. The minimum absolute atomic E-state index is 0.0324. The minimum atomic E-state index is -0.582. The van der Waals surface area contributed by atoms with E-state index >= 15 is 0 Å². The monoisotopic (exact) mass is 368 g/mol. The largest absolute Gasteiger partial charge is 0.368 e. The molecule has 22 heavy (non-hydrogen) atoms. The Labute approximate surface area is 139 Å². The molecule has 1 aromatic carbocycles. The first kappa shape index (κ1) is 18.4. The van der Waals surface area contributed by atoms with Gasteiger partial charge in [0.2, 0.25) is 5.91 Å². The van der Waals surface area contributed by atoms with E-state index in [9.17, 15) is 9.59 Å². The van der Waals surface area contributed by atoms with E-state index in [0.717, 1.165) is 4.47 Å². The number of carbonyl (C=O) groups is 2. The van der Waals surface area contributed by atoms with E-state index in [-0.39, 0.29) is 18.4 Å². The highest BCUT2D eigenvalue weighted by atomic mass is 79.9. The lowest BCUT2D eigenvalue weighted by Gasteiger charge is -2.21. The molecule has 0 aromatic heterocycles. The van der Waals surface area contributed by atoms with E-state index in [2.05, 4.69) is 27.8 Å². The van der Waals surface area contributed by atoms with Gasteiger partial charge in [-0.1, -0.05) is 18.2 Å². The van der Waals surface area contributed by atoms with Crippen LogP contribution in [0.3, 0.4) is 0 Å². The molecule has 2 amide bonds. The lowest BCUT2D eigenvalue weighted by Crippen LogP contribution is -2.41. The van der Waals surface area contributed by atoms with Crippen molar-refractivity contribution in [2.75, 3.05) is 25.5 Å². The van der Waals surface area contributed by atoms with Crippen LogP contribution in [0, 0.1) is 0 Å². The summed E-state index contributed by atoms with van der Waals surface area (Å²) in [4.78, 5) is 25.4. The molecule has 5 nitrogen and oxygen atoms in total. The normalized spacial score (nSPS) is 11.6. The van der Waals surface area contributed by atoms with Gasteiger partial charge in [-0.25, -0.2) is 0 Å². The van der Waals surface area contributed by atoms with E-state index in [1.165, 1.54) is 4.90 Å². The van der Waals surface area contributed by atoms with Crippen LogP contribution in [0.1, 0.15) is 13.3 Å². The van der Waals surface area contributed by atoms with E-state index in [1.54, 1.807) is 26.1 Å². The van der Waals surface area contributed by atoms with Gasteiger partial charge in [0.25, 0.3) is 5.91 Å². The Bertz CT molecular complexity index is 534. The quantitative estimate of drug-likeness (QED) is 0.566. The fraction of sp³-hybridized carbons (Fsp3) is 0.375. The Kier molecular flexibility index (Phi) is 7.84. The zero-order valence-corrected chi connectivity index (χ0v) is 14.4. The first-order valence-electron chi connectivity index (χ1n) is 6.97. The molecule has 0 radical (unpaired) electrons. The van der Waals surface area contributed by atoms with Gasteiger partial charge in [0.1, 0.15) is 6.10 Å². The molecule has 1 rings (SSSR count). The molecule has 0 bridgehead atoms. The molecule has 1 N–H and O–H groups in total. The van der Waals surface area contributed by atoms with Crippen LogP contribution in [0.15, 0.2) is 41.4 Å². The van der Waals surface area contributed by atoms with Crippen molar-refractivity contribution in [2.24, 2.45) is 0 Å². The number of para-hydroxylation sites is 1. The molecule has 0 spiro atoms. The fourth-order valence-electron chi connectivity index (χ4n) is 1.76. The molecule has 6 heteroatoms. The highest BCUT2D eigenvalue weighted by molar-refractivity contribution is 9.10. The first-order valence-corrected chi connectivity index (χ1v) is 7.77. The first-order chi connectivity index (χ1) is 10.5. The standard InChI is InChI=1S/C16H21BrN2O3/c1-4-5-10-22-12(2)16(21)19(3)11-15(20)18-14-9-7-6-8-13(14)17/h4,6-9,12H,1,5,10-11H2,2-3H3,(H,18,20). The van der Waals surface area contributed by atoms with Crippen LogP contribution < -0.4 is 5.32 Å². The van der Waals surface area contributed by atoms with Crippen molar-refractivity contribution in [2.45, 2.75) is 19.4 Å². The highest BCUT2D eigenvalue weighted by Crippen LogP contribution is 2.20. The Balaban J connectivity index is 2.47. The summed E-state index contributed by atoms with van der Waals surface area (Å²) in [5.74, 6) is -0.493. The molecular formula is C16H21BrN2O3. The number of hydrogen-bond acceptors (Lipinski definition) is 3. The van der Waals surface area contributed by atoms with E-state index in [0.29, 0.717) is 18.7 Å². The zero-order chi connectivity index (χ0) is 16.5. The number of hydrogen-bond donors (Lipinski definition) is 1. The Hall–Kier alpha value is -1.66. The summed E-state index contributed by atoms with van der Waals surface area (Å²) in [5.41, 5.74) is 0.670. The number of likely N-dealkylation sites (N-methyl/N-ethyl adjacent to an activating group) is 1. The maximum absolute atomic E-state index is 12.1. The molecule has 0 aliphatic rings. The SMILES string of the molecule is C=CCCOC(C)C(=O)N(C)CC(=O)Nc1ccccc1Br. The second kappa shape index (κ2) is 9.38. The van der Waals surface area contributed by atoms with Crippen LogP contribution >= 0.6 is 15.9 Å². The summed E-state index contributed by atoms with van der Waals surface area (Å²) in [7, 11) is 1.58. The maximum atomic E-state index is 12.1. The van der Waals surface area contributed by atoms with Crippen LogP contribution in [0.5, 0.6) is 0 Å². The van der Waals surface area contributed by atoms with Crippen molar-refractivity contribution in [1.29, 1.82) is 0 Å². The smallest absolute Gasteiger partial charge is 0.251 e. The van der Waals surface area contributed by atoms with Crippen molar-refractivity contribution >= 4 is 33.4 Å². The van der Waals surface area contributed by atoms with E-state index in [4.69, 9.17) is 4.74 Å². The number of nitrogens with one attached hydrogen (secondary N) is 1.